The molecule has 0 saturated heterocycles. The van der Waals surface area contributed by atoms with E-state index in [0.29, 0.717) is 12.0 Å². The lowest BCUT2D eigenvalue weighted by Crippen LogP contribution is -2.29. The number of aliphatic hydroxyl groups is 1. The third kappa shape index (κ3) is 4.49. The van der Waals surface area contributed by atoms with Crippen LogP contribution in [0.2, 0.25) is 0 Å². The Morgan fingerprint density at radius 3 is 2.69 bits per heavy atom. The van der Waals surface area contributed by atoms with Crippen molar-refractivity contribution >= 4 is 11.6 Å². The molecule has 2 heterocycles. The smallest absolute Gasteiger partial charge is 0.250 e. The maximum absolute atomic E-state index is 11.9. The predicted molar refractivity (Wildman–Crippen MR) is 113 cm³/mol. The molecule has 1 aliphatic carbocycles. The van der Waals surface area contributed by atoms with E-state index < -0.39 is 5.91 Å². The lowest BCUT2D eigenvalue weighted by Gasteiger charge is -2.28. The number of nitrogens with zero attached hydrogens (tertiary/aromatic N) is 2. The van der Waals surface area contributed by atoms with E-state index in [4.69, 9.17) is 5.73 Å². The summed E-state index contributed by atoms with van der Waals surface area (Å²) in [6.45, 7) is 0. The third-order valence-corrected chi connectivity index (χ3v) is 5.52. The second kappa shape index (κ2) is 8.49. The molecule has 1 aliphatic rings. The normalized spacial score (nSPS) is 19.1. The van der Waals surface area contributed by atoms with Crippen LogP contribution in [0.5, 0.6) is 0 Å². The maximum Gasteiger partial charge on any atom is 0.250 e. The molecule has 1 aromatic carbocycles. The quantitative estimate of drug-likeness (QED) is 0.602. The molecule has 0 atom stereocenters. The van der Waals surface area contributed by atoms with Crippen molar-refractivity contribution in [1.29, 1.82) is 0 Å². The van der Waals surface area contributed by atoms with Crippen molar-refractivity contribution < 1.29 is 9.90 Å². The first-order valence-electron chi connectivity index (χ1n) is 10.0. The van der Waals surface area contributed by atoms with Gasteiger partial charge in [-0.05, 0) is 68.1 Å². The lowest BCUT2D eigenvalue weighted by molar-refractivity contribution is 0.100. The molecule has 6 nitrogen and oxygen atoms in total. The number of primary amides is 1. The first-order valence-corrected chi connectivity index (χ1v) is 10.0. The Balaban J connectivity index is 1.62. The minimum atomic E-state index is -0.448. The zero-order valence-electron chi connectivity index (χ0n) is 16.3. The molecule has 29 heavy (non-hydrogen) atoms. The summed E-state index contributed by atoms with van der Waals surface area (Å²) in [5, 5.41) is 13.2. The van der Waals surface area contributed by atoms with Gasteiger partial charge in [0.1, 0.15) is 0 Å². The highest BCUT2D eigenvalue weighted by atomic mass is 16.3. The SMILES string of the molecule is NC(=O)c1ccc(-n2cccc2Cc2ccccn2)cc1N[C@H]1CC[C@H](O)CC1. The summed E-state index contributed by atoms with van der Waals surface area (Å²) in [5.41, 5.74) is 9.91. The number of pyridine rings is 1. The van der Waals surface area contributed by atoms with E-state index in [-0.39, 0.29) is 12.1 Å². The highest BCUT2D eigenvalue weighted by Gasteiger charge is 2.21. The van der Waals surface area contributed by atoms with E-state index in [2.05, 4.69) is 20.9 Å². The van der Waals surface area contributed by atoms with Gasteiger partial charge in [0, 0.05) is 47.6 Å². The number of benzene rings is 1. The number of rotatable bonds is 6. The molecule has 4 rings (SSSR count). The van der Waals surface area contributed by atoms with Gasteiger partial charge in [-0.3, -0.25) is 9.78 Å². The highest BCUT2D eigenvalue weighted by molar-refractivity contribution is 5.99. The van der Waals surface area contributed by atoms with Gasteiger partial charge in [0.05, 0.1) is 11.7 Å². The molecule has 0 unspecified atom stereocenters. The number of anilines is 1. The van der Waals surface area contributed by atoms with Gasteiger partial charge < -0.3 is 20.7 Å². The summed E-state index contributed by atoms with van der Waals surface area (Å²) in [7, 11) is 0. The molecule has 4 N–H and O–H groups in total. The molecular weight excluding hydrogens is 364 g/mol. The van der Waals surface area contributed by atoms with Crippen molar-refractivity contribution in [1.82, 2.24) is 9.55 Å². The molecule has 1 saturated carbocycles. The molecule has 0 spiro atoms. The third-order valence-electron chi connectivity index (χ3n) is 5.52. The van der Waals surface area contributed by atoms with Crippen molar-refractivity contribution in [2.24, 2.45) is 5.73 Å². The molecule has 6 heteroatoms. The van der Waals surface area contributed by atoms with Crippen LogP contribution in [0.4, 0.5) is 5.69 Å². The van der Waals surface area contributed by atoms with Crippen molar-refractivity contribution in [3.63, 3.8) is 0 Å². The minimum Gasteiger partial charge on any atom is -0.393 e. The average Bonchev–Trinajstić information content (AvgIpc) is 3.18. The van der Waals surface area contributed by atoms with Gasteiger partial charge in [-0.2, -0.15) is 0 Å². The van der Waals surface area contributed by atoms with Gasteiger partial charge in [0.15, 0.2) is 0 Å². The molecular formula is C23H26N4O2. The minimum absolute atomic E-state index is 0.218. The Hall–Kier alpha value is -3.12. The van der Waals surface area contributed by atoms with Gasteiger partial charge in [0.25, 0.3) is 5.91 Å². The largest absolute Gasteiger partial charge is 0.393 e. The van der Waals surface area contributed by atoms with Gasteiger partial charge in [-0.15, -0.1) is 0 Å². The second-order valence-electron chi connectivity index (χ2n) is 7.61. The Morgan fingerprint density at radius 1 is 1.14 bits per heavy atom. The highest BCUT2D eigenvalue weighted by Crippen LogP contribution is 2.27. The van der Waals surface area contributed by atoms with Gasteiger partial charge in [-0.1, -0.05) is 6.07 Å². The van der Waals surface area contributed by atoms with Gasteiger partial charge in [0.2, 0.25) is 0 Å². The van der Waals surface area contributed by atoms with Crippen LogP contribution < -0.4 is 11.1 Å². The van der Waals surface area contributed by atoms with E-state index in [1.807, 2.05) is 42.6 Å². The number of nitrogens with two attached hydrogens (primary N) is 1. The molecule has 150 valence electrons. The van der Waals surface area contributed by atoms with Crippen LogP contribution >= 0.6 is 0 Å². The first-order chi connectivity index (χ1) is 14.1. The van der Waals surface area contributed by atoms with Crippen LogP contribution in [0.3, 0.4) is 0 Å². The number of aliphatic hydroxyl groups excluding tert-OH is 1. The Bertz CT molecular complexity index is 976. The molecule has 2 aromatic heterocycles. The van der Waals surface area contributed by atoms with Crippen LogP contribution in [0, 0.1) is 0 Å². The van der Waals surface area contributed by atoms with E-state index in [9.17, 15) is 9.90 Å². The maximum atomic E-state index is 11.9. The van der Waals surface area contributed by atoms with Gasteiger partial charge in [-0.25, -0.2) is 0 Å². The summed E-state index contributed by atoms with van der Waals surface area (Å²) in [5.74, 6) is -0.448. The monoisotopic (exact) mass is 390 g/mol. The Morgan fingerprint density at radius 2 is 1.97 bits per heavy atom. The van der Waals surface area contributed by atoms with E-state index in [1.54, 1.807) is 12.3 Å². The van der Waals surface area contributed by atoms with E-state index >= 15 is 0 Å². The number of carbonyl (C=O) groups is 1. The summed E-state index contributed by atoms with van der Waals surface area (Å²) in [4.78, 5) is 16.4. The number of hydrogen-bond acceptors (Lipinski definition) is 4. The fourth-order valence-corrected chi connectivity index (χ4v) is 3.96. The standard InChI is InChI=1S/C23H26N4O2/c24-23(29)21-11-8-19(15-22(21)26-16-6-9-20(28)10-7-16)27-13-3-5-18(27)14-17-4-1-2-12-25-17/h1-5,8,11-13,15-16,20,26,28H,6-7,9-10,14H2,(H2,24,29)/t16-,20-. The predicted octanol–water partition coefficient (Wildman–Crippen LogP) is 3.28. The molecule has 1 fully saturated rings. The molecule has 3 aromatic rings. The number of carbonyl (C=O) groups excluding carboxylic acids is 1. The van der Waals surface area contributed by atoms with Crippen LogP contribution in [-0.4, -0.2) is 32.7 Å². The summed E-state index contributed by atoms with van der Waals surface area (Å²) < 4.78 is 2.11. The summed E-state index contributed by atoms with van der Waals surface area (Å²) in [6.07, 6.45) is 7.60. The van der Waals surface area contributed by atoms with E-state index in [1.165, 1.54) is 0 Å². The second-order valence-corrected chi connectivity index (χ2v) is 7.61. The van der Waals surface area contributed by atoms with Crippen LogP contribution in [0.1, 0.15) is 47.4 Å². The Labute approximate surface area is 170 Å². The first kappa shape index (κ1) is 19.2. The van der Waals surface area contributed by atoms with Crippen molar-refractivity contribution in [3.05, 3.63) is 77.9 Å². The zero-order chi connectivity index (χ0) is 20.2. The number of nitrogens with one attached hydrogen (secondary N) is 1. The van der Waals surface area contributed by atoms with E-state index in [0.717, 1.165) is 48.4 Å². The fourth-order valence-electron chi connectivity index (χ4n) is 3.96. The number of amides is 1. The Kier molecular flexibility index (Phi) is 5.62. The average molecular weight is 390 g/mol. The van der Waals surface area contributed by atoms with Crippen LogP contribution in [0.15, 0.2) is 60.9 Å². The summed E-state index contributed by atoms with van der Waals surface area (Å²) in [6, 6.07) is 15.9. The number of aromatic nitrogens is 2. The van der Waals surface area contributed by atoms with Crippen molar-refractivity contribution in [2.75, 3.05) is 5.32 Å². The van der Waals surface area contributed by atoms with Crippen LogP contribution in [0.25, 0.3) is 5.69 Å². The summed E-state index contributed by atoms with van der Waals surface area (Å²) >= 11 is 0. The zero-order valence-corrected chi connectivity index (χ0v) is 16.3. The van der Waals surface area contributed by atoms with Crippen molar-refractivity contribution in [2.45, 2.75) is 44.2 Å². The van der Waals surface area contributed by atoms with Gasteiger partial charge >= 0.3 is 0 Å². The lowest BCUT2D eigenvalue weighted by atomic mass is 9.92. The molecule has 1 amide bonds. The molecule has 0 bridgehead atoms. The topological polar surface area (TPSA) is 93.2 Å². The van der Waals surface area contributed by atoms with Crippen molar-refractivity contribution in [3.8, 4) is 5.69 Å². The molecule has 0 radical (unpaired) electrons. The fraction of sp³-hybridized carbons (Fsp3) is 0.304. The number of hydrogen-bond donors (Lipinski definition) is 3. The molecule has 0 aliphatic heterocycles. The van der Waals surface area contributed by atoms with Crippen LogP contribution in [-0.2, 0) is 6.42 Å².